The molecule has 24 heavy (non-hydrogen) atoms. The van der Waals surface area contributed by atoms with Crippen LogP contribution in [-0.4, -0.2) is 28.5 Å². The summed E-state index contributed by atoms with van der Waals surface area (Å²) in [6, 6.07) is 6.87. The van der Waals surface area contributed by atoms with Gasteiger partial charge in [0.15, 0.2) is 5.96 Å². The van der Waals surface area contributed by atoms with E-state index in [0.717, 1.165) is 35.1 Å². The lowest BCUT2D eigenvalue weighted by atomic mass is 10.1. The number of aromatic nitrogens is 2. The van der Waals surface area contributed by atoms with Gasteiger partial charge in [-0.15, -0.1) is 0 Å². The Kier molecular flexibility index (Phi) is 7.11. The number of guanidine groups is 1. The van der Waals surface area contributed by atoms with Crippen LogP contribution in [0.1, 0.15) is 23.7 Å². The van der Waals surface area contributed by atoms with E-state index in [1.54, 1.807) is 24.0 Å². The van der Waals surface area contributed by atoms with Gasteiger partial charge in [0, 0.05) is 25.5 Å². The molecule has 2 rings (SSSR count). The molecule has 2 aromatic rings. The fraction of sp³-hybridized carbons (Fsp3) is 0.412. The van der Waals surface area contributed by atoms with Gasteiger partial charge < -0.3 is 10.6 Å². The SMILES string of the molecule is CCNC(=NCc1ccc(F)cc1CSC)NCc1ccnn1C. The lowest BCUT2D eigenvalue weighted by molar-refractivity contribution is 0.625. The van der Waals surface area contributed by atoms with Crippen molar-refractivity contribution in [1.82, 2.24) is 20.4 Å². The molecule has 7 heteroatoms. The van der Waals surface area contributed by atoms with Gasteiger partial charge in [-0.2, -0.15) is 16.9 Å². The van der Waals surface area contributed by atoms with Crippen LogP contribution in [0.5, 0.6) is 0 Å². The van der Waals surface area contributed by atoms with Gasteiger partial charge in [-0.05, 0) is 42.5 Å². The quantitative estimate of drug-likeness (QED) is 0.596. The minimum Gasteiger partial charge on any atom is -0.357 e. The number of hydrogen-bond acceptors (Lipinski definition) is 3. The summed E-state index contributed by atoms with van der Waals surface area (Å²) in [6.45, 7) is 3.96. The van der Waals surface area contributed by atoms with Crippen molar-refractivity contribution in [1.29, 1.82) is 0 Å². The summed E-state index contributed by atoms with van der Waals surface area (Å²) in [5.74, 6) is 1.31. The highest BCUT2D eigenvalue weighted by atomic mass is 32.2. The Hall–Kier alpha value is -2.02. The molecule has 0 bridgehead atoms. The summed E-state index contributed by atoms with van der Waals surface area (Å²) in [7, 11) is 1.91. The van der Waals surface area contributed by atoms with E-state index in [-0.39, 0.29) is 5.82 Å². The molecule has 0 amide bonds. The number of halogens is 1. The molecular formula is C17H24FN5S. The van der Waals surface area contributed by atoms with Crippen LogP contribution in [0.4, 0.5) is 4.39 Å². The van der Waals surface area contributed by atoms with Gasteiger partial charge in [0.2, 0.25) is 0 Å². The highest BCUT2D eigenvalue weighted by molar-refractivity contribution is 7.97. The van der Waals surface area contributed by atoms with Gasteiger partial charge in [-0.1, -0.05) is 6.07 Å². The van der Waals surface area contributed by atoms with Crippen molar-refractivity contribution < 1.29 is 4.39 Å². The molecule has 0 aliphatic rings. The second-order valence-corrected chi connectivity index (χ2v) is 6.21. The van der Waals surface area contributed by atoms with Crippen LogP contribution in [0, 0.1) is 5.82 Å². The fourth-order valence-corrected chi connectivity index (χ4v) is 2.87. The first-order chi connectivity index (χ1) is 11.6. The van der Waals surface area contributed by atoms with Crippen molar-refractivity contribution in [2.75, 3.05) is 12.8 Å². The number of benzene rings is 1. The monoisotopic (exact) mass is 349 g/mol. The zero-order valence-corrected chi connectivity index (χ0v) is 15.2. The fourth-order valence-electron chi connectivity index (χ4n) is 2.29. The molecule has 0 atom stereocenters. The first-order valence-corrected chi connectivity index (χ1v) is 9.28. The van der Waals surface area contributed by atoms with Gasteiger partial charge in [0.1, 0.15) is 5.82 Å². The Balaban J connectivity index is 2.06. The van der Waals surface area contributed by atoms with Gasteiger partial charge in [0.25, 0.3) is 0 Å². The summed E-state index contributed by atoms with van der Waals surface area (Å²) in [5.41, 5.74) is 3.11. The molecule has 0 saturated heterocycles. The van der Waals surface area contributed by atoms with Crippen molar-refractivity contribution in [3.8, 4) is 0 Å². The van der Waals surface area contributed by atoms with Crippen LogP contribution in [0.3, 0.4) is 0 Å². The molecule has 0 spiro atoms. The Morgan fingerprint density at radius 1 is 1.29 bits per heavy atom. The minimum atomic E-state index is -0.201. The van der Waals surface area contributed by atoms with Crippen molar-refractivity contribution in [3.63, 3.8) is 0 Å². The minimum absolute atomic E-state index is 0.201. The smallest absolute Gasteiger partial charge is 0.191 e. The third-order valence-electron chi connectivity index (χ3n) is 3.58. The second kappa shape index (κ2) is 9.32. The topological polar surface area (TPSA) is 54.2 Å². The predicted octanol–water partition coefficient (Wildman–Crippen LogP) is 2.68. The number of aliphatic imine (C=N–C) groups is 1. The van der Waals surface area contributed by atoms with E-state index in [1.165, 1.54) is 6.07 Å². The highest BCUT2D eigenvalue weighted by Gasteiger charge is 2.05. The van der Waals surface area contributed by atoms with E-state index in [0.29, 0.717) is 13.1 Å². The summed E-state index contributed by atoms with van der Waals surface area (Å²) >= 11 is 1.68. The summed E-state index contributed by atoms with van der Waals surface area (Å²) in [6.07, 6.45) is 3.78. The number of nitrogens with one attached hydrogen (secondary N) is 2. The van der Waals surface area contributed by atoms with Crippen molar-refractivity contribution in [2.24, 2.45) is 12.0 Å². The van der Waals surface area contributed by atoms with E-state index in [9.17, 15) is 4.39 Å². The lowest BCUT2D eigenvalue weighted by Gasteiger charge is -2.12. The first kappa shape index (κ1) is 18.3. The zero-order chi connectivity index (χ0) is 17.4. The molecule has 5 nitrogen and oxygen atoms in total. The van der Waals surface area contributed by atoms with Gasteiger partial charge in [-0.3, -0.25) is 4.68 Å². The Bertz CT molecular complexity index is 683. The molecular weight excluding hydrogens is 325 g/mol. The molecule has 1 aromatic carbocycles. The zero-order valence-electron chi connectivity index (χ0n) is 14.3. The van der Waals surface area contributed by atoms with Crippen LogP contribution in [0.25, 0.3) is 0 Å². The normalized spacial score (nSPS) is 11.6. The maximum absolute atomic E-state index is 13.4. The third-order valence-corrected chi connectivity index (χ3v) is 4.18. The van der Waals surface area contributed by atoms with Crippen LogP contribution in [0.15, 0.2) is 35.5 Å². The Labute approximate surface area is 146 Å². The van der Waals surface area contributed by atoms with E-state index in [4.69, 9.17) is 0 Å². The average Bonchev–Trinajstić information content (AvgIpc) is 2.97. The standard InChI is InChI=1S/C17H24FN5S/c1-4-19-17(21-11-16-7-8-22-23(16)2)20-10-13-5-6-15(18)9-14(13)12-24-3/h5-9H,4,10-12H2,1-3H3,(H2,19,20,21). The van der Waals surface area contributed by atoms with E-state index in [1.807, 2.05) is 37.0 Å². The molecule has 0 fully saturated rings. The van der Waals surface area contributed by atoms with Crippen LogP contribution < -0.4 is 10.6 Å². The van der Waals surface area contributed by atoms with Crippen LogP contribution >= 0.6 is 11.8 Å². The molecule has 1 aromatic heterocycles. The van der Waals surface area contributed by atoms with E-state index < -0.39 is 0 Å². The van der Waals surface area contributed by atoms with Crippen molar-refractivity contribution in [2.45, 2.75) is 25.8 Å². The third kappa shape index (κ3) is 5.26. The number of nitrogens with zero attached hydrogens (tertiary/aromatic N) is 3. The largest absolute Gasteiger partial charge is 0.357 e. The molecule has 0 aliphatic heterocycles. The molecule has 0 radical (unpaired) electrons. The molecule has 0 unspecified atom stereocenters. The van der Waals surface area contributed by atoms with Crippen LogP contribution in [0.2, 0.25) is 0 Å². The number of aryl methyl sites for hydroxylation is 1. The summed E-state index contributed by atoms with van der Waals surface area (Å²) < 4.78 is 15.3. The van der Waals surface area contributed by atoms with Crippen LogP contribution in [-0.2, 0) is 25.9 Å². The highest BCUT2D eigenvalue weighted by Crippen LogP contribution is 2.17. The van der Waals surface area contributed by atoms with Gasteiger partial charge in [0.05, 0.1) is 18.8 Å². The average molecular weight is 349 g/mol. The molecule has 0 saturated carbocycles. The van der Waals surface area contributed by atoms with Gasteiger partial charge >= 0.3 is 0 Å². The summed E-state index contributed by atoms with van der Waals surface area (Å²) in [4.78, 5) is 4.62. The first-order valence-electron chi connectivity index (χ1n) is 7.89. The van der Waals surface area contributed by atoms with E-state index >= 15 is 0 Å². The maximum Gasteiger partial charge on any atom is 0.191 e. The van der Waals surface area contributed by atoms with Crippen molar-refractivity contribution >= 4 is 17.7 Å². The molecule has 2 N–H and O–H groups in total. The Morgan fingerprint density at radius 2 is 2.12 bits per heavy atom. The maximum atomic E-state index is 13.4. The molecule has 1 heterocycles. The molecule has 0 aliphatic carbocycles. The number of hydrogen-bond donors (Lipinski definition) is 2. The van der Waals surface area contributed by atoms with E-state index in [2.05, 4.69) is 20.7 Å². The lowest BCUT2D eigenvalue weighted by Crippen LogP contribution is -2.37. The second-order valence-electron chi connectivity index (χ2n) is 5.34. The summed E-state index contributed by atoms with van der Waals surface area (Å²) in [5, 5.41) is 10.7. The number of rotatable bonds is 7. The molecule has 130 valence electrons. The van der Waals surface area contributed by atoms with Gasteiger partial charge in [-0.25, -0.2) is 9.38 Å². The Morgan fingerprint density at radius 3 is 2.79 bits per heavy atom. The van der Waals surface area contributed by atoms with Crippen molar-refractivity contribution in [3.05, 3.63) is 53.1 Å². The predicted molar refractivity (Wildman–Crippen MR) is 98.5 cm³/mol. The number of thioether (sulfide) groups is 1.